The van der Waals surface area contributed by atoms with Gasteiger partial charge in [-0.15, -0.1) is 23.2 Å². The topological polar surface area (TPSA) is 26.3 Å². The Morgan fingerprint density at radius 3 is 2.73 bits per heavy atom. The molecule has 0 aromatic carbocycles. The van der Waals surface area contributed by atoms with Gasteiger partial charge in [0.2, 0.25) is 0 Å². The highest BCUT2D eigenvalue weighted by Crippen LogP contribution is 2.59. The molecule has 0 amide bonds. The van der Waals surface area contributed by atoms with Gasteiger partial charge in [0.05, 0.1) is 6.10 Å². The lowest BCUT2D eigenvalue weighted by Gasteiger charge is -2.23. The molecular weight excluding hydrogens is 235 g/mol. The van der Waals surface area contributed by atoms with Crippen LogP contribution in [0.3, 0.4) is 0 Å². The summed E-state index contributed by atoms with van der Waals surface area (Å²) in [7, 11) is 0. The van der Waals surface area contributed by atoms with E-state index in [1.165, 1.54) is 0 Å². The van der Waals surface area contributed by atoms with Crippen molar-refractivity contribution in [2.75, 3.05) is 6.61 Å². The maximum atomic E-state index is 10.1. The number of alkyl halides is 2. The molecule has 2 aliphatic rings. The average molecular weight is 251 g/mol. The van der Waals surface area contributed by atoms with Crippen molar-refractivity contribution in [3.8, 4) is 0 Å². The van der Waals surface area contributed by atoms with E-state index in [9.17, 15) is 4.79 Å². The fraction of sp³-hybridized carbons (Fsp3) is 0.909. The molecule has 0 heterocycles. The number of aldehydes is 1. The molecule has 3 atom stereocenters. The van der Waals surface area contributed by atoms with Gasteiger partial charge in [0.25, 0.3) is 0 Å². The van der Waals surface area contributed by atoms with Crippen LogP contribution in [0.2, 0.25) is 0 Å². The van der Waals surface area contributed by atoms with Crippen LogP contribution in [0, 0.1) is 11.8 Å². The fourth-order valence-electron chi connectivity index (χ4n) is 2.81. The van der Waals surface area contributed by atoms with Gasteiger partial charge in [-0.3, -0.25) is 0 Å². The highest BCUT2D eigenvalue weighted by Gasteiger charge is 2.57. The highest BCUT2D eigenvalue weighted by atomic mass is 35.5. The summed E-state index contributed by atoms with van der Waals surface area (Å²) in [5.74, 6) is 0.698. The zero-order valence-electron chi connectivity index (χ0n) is 8.62. The lowest BCUT2D eigenvalue weighted by molar-refractivity contribution is -0.108. The molecule has 86 valence electrons. The van der Waals surface area contributed by atoms with E-state index in [0.717, 1.165) is 32.0 Å². The Balaban J connectivity index is 1.79. The third-order valence-corrected chi connectivity index (χ3v) is 4.81. The van der Waals surface area contributed by atoms with Gasteiger partial charge in [-0.2, -0.15) is 0 Å². The van der Waals surface area contributed by atoms with Gasteiger partial charge in [-0.05, 0) is 31.6 Å². The number of halogens is 2. The van der Waals surface area contributed by atoms with Gasteiger partial charge in [-0.1, -0.05) is 0 Å². The van der Waals surface area contributed by atoms with E-state index in [1.807, 2.05) is 0 Å². The monoisotopic (exact) mass is 250 g/mol. The first-order valence-corrected chi connectivity index (χ1v) is 6.35. The molecular formula is C11H16Cl2O2. The van der Waals surface area contributed by atoms with Crippen molar-refractivity contribution in [3.05, 3.63) is 0 Å². The van der Waals surface area contributed by atoms with Crippen LogP contribution in [0.5, 0.6) is 0 Å². The summed E-state index contributed by atoms with van der Waals surface area (Å²) >= 11 is 12.6. The van der Waals surface area contributed by atoms with Gasteiger partial charge < -0.3 is 9.53 Å². The summed E-state index contributed by atoms with van der Waals surface area (Å²) < 4.78 is 5.19. The Bertz CT molecular complexity index is 243. The Morgan fingerprint density at radius 1 is 1.40 bits per heavy atom. The standard InChI is InChI=1S/C11H16Cl2O2/c12-11(13)8-3-4-9(11)10(7-8)15-6-2-1-5-14/h5,8-10H,1-4,6-7H2. The van der Waals surface area contributed by atoms with Crippen molar-refractivity contribution in [1.82, 2.24) is 0 Å². The summed E-state index contributed by atoms with van der Waals surface area (Å²) in [6, 6.07) is 0. The summed E-state index contributed by atoms with van der Waals surface area (Å²) in [4.78, 5) is 10.1. The average Bonchev–Trinajstić information content (AvgIpc) is 2.62. The molecule has 2 fully saturated rings. The highest BCUT2D eigenvalue weighted by molar-refractivity contribution is 6.49. The predicted molar refractivity (Wildman–Crippen MR) is 60.3 cm³/mol. The minimum atomic E-state index is -0.560. The maximum absolute atomic E-state index is 10.1. The van der Waals surface area contributed by atoms with Crippen molar-refractivity contribution in [3.63, 3.8) is 0 Å². The SMILES string of the molecule is O=CCCCOC1CC2CCC1C2(Cl)Cl. The van der Waals surface area contributed by atoms with Crippen molar-refractivity contribution >= 4 is 29.5 Å². The quantitative estimate of drug-likeness (QED) is 0.426. The molecule has 0 spiro atoms. The molecule has 0 radical (unpaired) electrons. The van der Waals surface area contributed by atoms with Crippen molar-refractivity contribution in [1.29, 1.82) is 0 Å². The minimum Gasteiger partial charge on any atom is -0.378 e. The molecule has 0 aromatic heterocycles. The Morgan fingerprint density at radius 2 is 2.20 bits per heavy atom. The predicted octanol–water partition coefficient (Wildman–Crippen LogP) is 2.95. The Kier molecular flexibility index (Phi) is 3.59. The third-order valence-electron chi connectivity index (χ3n) is 3.63. The maximum Gasteiger partial charge on any atom is 0.126 e. The van der Waals surface area contributed by atoms with Crippen LogP contribution in [0.4, 0.5) is 0 Å². The van der Waals surface area contributed by atoms with Crippen LogP contribution in [0.25, 0.3) is 0 Å². The van der Waals surface area contributed by atoms with E-state index in [-0.39, 0.29) is 6.10 Å². The second-order valence-electron chi connectivity index (χ2n) is 4.51. The molecule has 0 aliphatic heterocycles. The molecule has 0 aromatic rings. The first-order chi connectivity index (χ1) is 7.16. The molecule has 4 heteroatoms. The number of unbranched alkanes of at least 4 members (excludes halogenated alkanes) is 1. The van der Waals surface area contributed by atoms with Gasteiger partial charge >= 0.3 is 0 Å². The second-order valence-corrected chi connectivity index (χ2v) is 5.95. The van der Waals surface area contributed by atoms with Crippen LogP contribution in [-0.4, -0.2) is 23.3 Å². The number of fused-ring (bicyclic) bond motifs is 2. The molecule has 2 bridgehead atoms. The first kappa shape index (κ1) is 11.7. The van der Waals surface area contributed by atoms with E-state index >= 15 is 0 Å². The van der Waals surface area contributed by atoms with E-state index < -0.39 is 4.33 Å². The van der Waals surface area contributed by atoms with Crippen LogP contribution in [0.1, 0.15) is 32.1 Å². The number of rotatable bonds is 5. The molecule has 2 rings (SSSR count). The van der Waals surface area contributed by atoms with Crippen LogP contribution in [-0.2, 0) is 9.53 Å². The fourth-order valence-corrected chi connectivity index (χ4v) is 3.70. The van der Waals surface area contributed by atoms with Gasteiger partial charge in [0, 0.05) is 18.9 Å². The normalized spacial score (nSPS) is 37.1. The van der Waals surface area contributed by atoms with E-state index in [4.69, 9.17) is 27.9 Å². The number of hydrogen-bond donors (Lipinski definition) is 0. The first-order valence-electron chi connectivity index (χ1n) is 5.59. The zero-order chi connectivity index (χ0) is 10.9. The van der Waals surface area contributed by atoms with E-state index in [2.05, 4.69) is 0 Å². The zero-order valence-corrected chi connectivity index (χ0v) is 10.1. The summed E-state index contributed by atoms with van der Waals surface area (Å²) in [5, 5.41) is 0. The number of ether oxygens (including phenoxy) is 1. The molecule has 0 N–H and O–H groups in total. The van der Waals surface area contributed by atoms with Crippen LogP contribution in [0.15, 0.2) is 0 Å². The number of hydrogen-bond acceptors (Lipinski definition) is 2. The lowest BCUT2D eigenvalue weighted by Crippen LogP contribution is -2.26. The van der Waals surface area contributed by atoms with Crippen molar-refractivity contribution in [2.45, 2.75) is 42.5 Å². The van der Waals surface area contributed by atoms with Gasteiger partial charge in [0.1, 0.15) is 10.6 Å². The Hall–Kier alpha value is 0.210. The minimum absolute atomic E-state index is 0.213. The molecule has 15 heavy (non-hydrogen) atoms. The van der Waals surface area contributed by atoms with Gasteiger partial charge in [-0.25, -0.2) is 0 Å². The molecule has 2 aliphatic carbocycles. The Labute approximate surface area is 100 Å². The summed E-state index contributed by atoms with van der Waals surface area (Å²) in [6.07, 6.45) is 5.71. The van der Waals surface area contributed by atoms with Crippen molar-refractivity contribution < 1.29 is 9.53 Å². The lowest BCUT2D eigenvalue weighted by atomic mass is 9.98. The van der Waals surface area contributed by atoms with Gasteiger partial charge in [0.15, 0.2) is 0 Å². The smallest absolute Gasteiger partial charge is 0.126 e. The molecule has 2 nitrogen and oxygen atoms in total. The van der Waals surface area contributed by atoms with Crippen LogP contribution < -0.4 is 0 Å². The van der Waals surface area contributed by atoms with Crippen LogP contribution >= 0.6 is 23.2 Å². The van der Waals surface area contributed by atoms with E-state index in [1.54, 1.807) is 0 Å². The van der Waals surface area contributed by atoms with Crippen molar-refractivity contribution in [2.24, 2.45) is 11.8 Å². The number of carbonyl (C=O) groups is 1. The summed E-state index contributed by atoms with van der Waals surface area (Å²) in [5.41, 5.74) is 0. The molecule has 0 saturated heterocycles. The summed E-state index contributed by atoms with van der Waals surface area (Å²) in [6.45, 7) is 0.649. The molecule has 2 saturated carbocycles. The number of carbonyl (C=O) groups excluding carboxylic acids is 1. The largest absolute Gasteiger partial charge is 0.378 e. The second kappa shape index (κ2) is 4.60. The molecule has 3 unspecified atom stereocenters. The third kappa shape index (κ3) is 2.17. The van der Waals surface area contributed by atoms with E-state index in [0.29, 0.717) is 24.9 Å².